The highest BCUT2D eigenvalue weighted by Gasteiger charge is 2.24. The molecule has 0 spiro atoms. The summed E-state index contributed by atoms with van der Waals surface area (Å²) in [7, 11) is 0. The van der Waals surface area contributed by atoms with Gasteiger partial charge in [-0.05, 0) is 51.2 Å². The van der Waals surface area contributed by atoms with Gasteiger partial charge < -0.3 is 31.1 Å². The van der Waals surface area contributed by atoms with E-state index in [1.165, 1.54) is 0 Å². The second kappa shape index (κ2) is 15.5. The highest BCUT2D eigenvalue weighted by Crippen LogP contribution is 2.14. The maximum atomic E-state index is 12.3. The number of carboxylic acids is 2. The van der Waals surface area contributed by atoms with Gasteiger partial charge in [0.25, 0.3) is 0 Å². The highest BCUT2D eigenvalue weighted by molar-refractivity contribution is 5.75. The first-order valence-electron chi connectivity index (χ1n) is 11.8. The van der Waals surface area contributed by atoms with Gasteiger partial charge in [0.15, 0.2) is 0 Å². The Balaban J connectivity index is 0.000000697. The minimum Gasteiger partial charge on any atom is -0.481 e. The van der Waals surface area contributed by atoms with Crippen molar-refractivity contribution in [2.24, 2.45) is 5.73 Å². The molecule has 0 aliphatic rings. The molecule has 0 fully saturated rings. The molecular formula is C27H38N2O7. The standard InChI is InChI=1S/C23H32N2O3.C4H6O4/c1-23(2,3)28-22(27)25-19(14-17-10-6-4-7-11-17)16-21(26)20(24)15-18-12-8-5-9-13-18;5-3(6)1-2-4(7)8/h4-13,19-21,26H,14-16,24H2,1-3H3,(H,25,27);1-2H2,(H,5,6)(H,7,8)/t19?,20?,21-;/m0./s1. The molecule has 9 nitrogen and oxygen atoms in total. The van der Waals surface area contributed by atoms with Crippen molar-refractivity contribution < 1.29 is 34.4 Å². The van der Waals surface area contributed by atoms with E-state index >= 15 is 0 Å². The van der Waals surface area contributed by atoms with Crippen molar-refractivity contribution in [1.29, 1.82) is 0 Å². The van der Waals surface area contributed by atoms with Crippen molar-refractivity contribution in [3.63, 3.8) is 0 Å². The zero-order valence-corrected chi connectivity index (χ0v) is 21.1. The maximum absolute atomic E-state index is 12.3. The Labute approximate surface area is 212 Å². The molecule has 1 amide bonds. The van der Waals surface area contributed by atoms with Crippen molar-refractivity contribution in [3.8, 4) is 0 Å². The lowest BCUT2D eigenvalue weighted by molar-refractivity contribution is -0.143. The smallest absolute Gasteiger partial charge is 0.407 e. The second-order valence-electron chi connectivity index (χ2n) is 9.48. The summed E-state index contributed by atoms with van der Waals surface area (Å²) in [6.45, 7) is 5.47. The van der Waals surface area contributed by atoms with Crippen LogP contribution in [0.3, 0.4) is 0 Å². The van der Waals surface area contributed by atoms with E-state index in [-0.39, 0.29) is 18.9 Å². The molecule has 2 aromatic carbocycles. The predicted octanol–water partition coefficient (Wildman–Crippen LogP) is 3.38. The van der Waals surface area contributed by atoms with Crippen LogP contribution in [0, 0.1) is 0 Å². The van der Waals surface area contributed by atoms with Crippen LogP contribution in [0.4, 0.5) is 4.79 Å². The fraction of sp³-hybridized carbons (Fsp3) is 0.444. The highest BCUT2D eigenvalue weighted by atomic mass is 16.6. The number of alkyl carbamates (subject to hydrolysis) is 1. The summed E-state index contributed by atoms with van der Waals surface area (Å²) in [5, 5.41) is 29.3. The number of ether oxygens (including phenoxy) is 1. The maximum Gasteiger partial charge on any atom is 0.407 e. The largest absolute Gasteiger partial charge is 0.481 e. The summed E-state index contributed by atoms with van der Waals surface area (Å²) in [5.41, 5.74) is 7.80. The number of nitrogens with one attached hydrogen (secondary N) is 1. The number of hydrogen-bond donors (Lipinski definition) is 5. The third-order valence-electron chi connectivity index (χ3n) is 4.93. The van der Waals surface area contributed by atoms with Crippen molar-refractivity contribution in [1.82, 2.24) is 5.32 Å². The molecule has 0 radical (unpaired) electrons. The molecule has 0 aliphatic heterocycles. The fourth-order valence-electron chi connectivity index (χ4n) is 3.27. The molecule has 9 heteroatoms. The molecule has 0 heterocycles. The summed E-state index contributed by atoms with van der Waals surface area (Å²) >= 11 is 0. The van der Waals surface area contributed by atoms with Gasteiger partial charge in [-0.2, -0.15) is 0 Å². The zero-order valence-electron chi connectivity index (χ0n) is 21.1. The monoisotopic (exact) mass is 502 g/mol. The van der Waals surface area contributed by atoms with E-state index in [0.717, 1.165) is 11.1 Å². The van der Waals surface area contributed by atoms with E-state index in [9.17, 15) is 19.5 Å². The Bertz CT molecular complexity index is 916. The van der Waals surface area contributed by atoms with Crippen molar-refractivity contribution in [2.45, 2.75) is 76.7 Å². The molecule has 0 saturated heterocycles. The lowest BCUT2D eigenvalue weighted by Crippen LogP contribution is -2.46. The molecule has 0 saturated carbocycles. The molecule has 6 N–H and O–H groups in total. The second-order valence-corrected chi connectivity index (χ2v) is 9.48. The number of benzene rings is 2. The molecule has 0 bridgehead atoms. The zero-order chi connectivity index (χ0) is 27.1. The van der Waals surface area contributed by atoms with Crippen LogP contribution in [0.2, 0.25) is 0 Å². The van der Waals surface area contributed by atoms with Crippen LogP contribution in [0.1, 0.15) is 51.2 Å². The third-order valence-corrected chi connectivity index (χ3v) is 4.93. The van der Waals surface area contributed by atoms with E-state index in [2.05, 4.69) is 5.32 Å². The lowest BCUT2D eigenvalue weighted by atomic mass is 9.94. The van der Waals surface area contributed by atoms with Crippen LogP contribution < -0.4 is 11.1 Å². The van der Waals surface area contributed by atoms with Crippen molar-refractivity contribution >= 4 is 18.0 Å². The summed E-state index contributed by atoms with van der Waals surface area (Å²) in [4.78, 5) is 31.5. The first-order valence-corrected chi connectivity index (χ1v) is 11.8. The molecular weight excluding hydrogens is 464 g/mol. The van der Waals surface area contributed by atoms with Crippen LogP contribution in [0.25, 0.3) is 0 Å². The molecule has 2 aromatic rings. The van der Waals surface area contributed by atoms with Crippen molar-refractivity contribution in [3.05, 3.63) is 71.8 Å². The minimum absolute atomic E-state index is 0.283. The number of amides is 1. The van der Waals surface area contributed by atoms with Gasteiger partial charge in [0.2, 0.25) is 0 Å². The number of hydrogen-bond acceptors (Lipinski definition) is 6. The number of nitrogens with two attached hydrogens (primary N) is 1. The van der Waals surface area contributed by atoms with Crippen LogP contribution in [0.5, 0.6) is 0 Å². The molecule has 2 rings (SSSR count). The molecule has 2 unspecified atom stereocenters. The number of aliphatic carboxylic acids is 2. The van der Waals surface area contributed by atoms with Gasteiger partial charge in [0.05, 0.1) is 18.9 Å². The average molecular weight is 503 g/mol. The first kappa shape index (κ1) is 30.6. The Hall–Kier alpha value is -3.43. The Morgan fingerprint density at radius 1 is 0.861 bits per heavy atom. The summed E-state index contributed by atoms with van der Waals surface area (Å²) < 4.78 is 5.38. The number of carbonyl (C=O) groups is 3. The minimum atomic E-state index is -1.08. The first-order chi connectivity index (χ1) is 16.9. The van der Waals surface area contributed by atoms with Gasteiger partial charge in [-0.15, -0.1) is 0 Å². The molecule has 0 aliphatic carbocycles. The fourth-order valence-corrected chi connectivity index (χ4v) is 3.27. The van der Waals surface area contributed by atoms with Crippen LogP contribution in [0.15, 0.2) is 60.7 Å². The van der Waals surface area contributed by atoms with E-state index in [4.69, 9.17) is 20.7 Å². The van der Waals surface area contributed by atoms with Crippen LogP contribution >= 0.6 is 0 Å². The molecule has 3 atom stereocenters. The van der Waals surface area contributed by atoms with Gasteiger partial charge in [0, 0.05) is 12.1 Å². The molecule has 36 heavy (non-hydrogen) atoms. The Kier molecular flexibility index (Phi) is 13.2. The van der Waals surface area contributed by atoms with Crippen LogP contribution in [-0.2, 0) is 27.2 Å². The van der Waals surface area contributed by atoms with Gasteiger partial charge in [-0.3, -0.25) is 9.59 Å². The van der Waals surface area contributed by atoms with E-state index in [1.807, 2.05) is 81.4 Å². The number of rotatable bonds is 11. The topological polar surface area (TPSA) is 159 Å². The van der Waals surface area contributed by atoms with Crippen LogP contribution in [-0.4, -0.2) is 57.1 Å². The predicted molar refractivity (Wildman–Crippen MR) is 137 cm³/mol. The summed E-state index contributed by atoms with van der Waals surface area (Å²) in [5.74, 6) is -2.15. The summed E-state index contributed by atoms with van der Waals surface area (Å²) in [6, 6.07) is 19.0. The number of carboxylic acid groups (broad SMARTS) is 2. The normalized spacial score (nSPS) is 13.4. The Morgan fingerprint density at radius 3 is 1.72 bits per heavy atom. The average Bonchev–Trinajstić information content (AvgIpc) is 2.78. The van der Waals surface area contributed by atoms with Gasteiger partial charge in [-0.25, -0.2) is 4.79 Å². The number of aliphatic hydroxyl groups is 1. The van der Waals surface area contributed by atoms with E-state index in [1.54, 1.807) is 0 Å². The number of carbonyl (C=O) groups excluding carboxylic acids is 1. The third kappa shape index (κ3) is 14.7. The quantitative estimate of drug-likeness (QED) is 0.313. The van der Waals surface area contributed by atoms with E-state index in [0.29, 0.717) is 19.3 Å². The molecule has 198 valence electrons. The van der Waals surface area contributed by atoms with E-state index < -0.39 is 35.8 Å². The SMILES string of the molecule is CC(C)(C)OC(=O)NC(Cc1ccccc1)C[C@H](O)C(N)Cc1ccccc1.O=C(O)CCC(=O)O. The van der Waals surface area contributed by atoms with Gasteiger partial charge >= 0.3 is 18.0 Å². The van der Waals surface area contributed by atoms with Gasteiger partial charge in [-0.1, -0.05) is 60.7 Å². The Morgan fingerprint density at radius 2 is 1.31 bits per heavy atom. The van der Waals surface area contributed by atoms with Crippen molar-refractivity contribution in [2.75, 3.05) is 0 Å². The number of aliphatic hydroxyl groups excluding tert-OH is 1. The summed E-state index contributed by atoms with van der Waals surface area (Å²) in [6.07, 6.45) is -0.310. The van der Waals surface area contributed by atoms with Gasteiger partial charge in [0.1, 0.15) is 5.60 Å². The molecule has 0 aromatic heterocycles. The lowest BCUT2D eigenvalue weighted by Gasteiger charge is -2.27.